The van der Waals surface area contributed by atoms with Crippen molar-refractivity contribution in [1.29, 1.82) is 0 Å². The topological polar surface area (TPSA) is 41.8 Å². The Morgan fingerprint density at radius 2 is 1.87 bits per heavy atom. The quantitative estimate of drug-likeness (QED) is 0.419. The smallest absolute Gasteiger partial charge is 0.114 e. The molecule has 3 nitrogen and oxygen atoms in total. The van der Waals surface area contributed by atoms with E-state index in [2.05, 4.69) is 63.8 Å². The molecule has 6 heteroatoms. The van der Waals surface area contributed by atoms with Gasteiger partial charge in [-0.3, -0.25) is 4.98 Å². The van der Waals surface area contributed by atoms with E-state index in [1.807, 2.05) is 49.8 Å². The van der Waals surface area contributed by atoms with Crippen molar-refractivity contribution in [3.63, 3.8) is 0 Å². The zero-order valence-electron chi connectivity index (χ0n) is 12.8. The minimum Gasteiger partial charge on any atom is -0.468 e. The molecule has 0 bridgehead atoms. The van der Waals surface area contributed by atoms with E-state index in [9.17, 15) is 0 Å². The van der Waals surface area contributed by atoms with Gasteiger partial charge in [-0.05, 0) is 42.3 Å². The van der Waals surface area contributed by atoms with E-state index in [4.69, 9.17) is 4.42 Å². The van der Waals surface area contributed by atoms with Gasteiger partial charge in [-0.25, -0.2) is 0 Å². The molecule has 0 atom stereocenters. The minimum absolute atomic E-state index is 0.806. The fourth-order valence-corrected chi connectivity index (χ4v) is 2.50. The molecule has 0 fully saturated rings. The van der Waals surface area contributed by atoms with Crippen molar-refractivity contribution >= 4 is 47.8 Å². The van der Waals surface area contributed by atoms with Crippen LogP contribution in [0.5, 0.6) is 0 Å². The van der Waals surface area contributed by atoms with Gasteiger partial charge in [-0.1, -0.05) is 53.9 Å². The fourth-order valence-electron chi connectivity index (χ4n) is 1.53. The molecule has 0 radical (unpaired) electrons. The number of rotatable bonds is 3. The van der Waals surface area contributed by atoms with Crippen LogP contribution in [0.2, 0.25) is 0 Å². The number of hydrogen-bond donors (Lipinski definition) is 1. The molecule has 0 spiro atoms. The Hall–Kier alpha value is -0.850. The van der Waals surface area contributed by atoms with Crippen LogP contribution in [0.1, 0.15) is 22.6 Å². The molecule has 3 aromatic heterocycles. The van der Waals surface area contributed by atoms with E-state index in [1.165, 1.54) is 16.8 Å². The number of pyridine rings is 1. The monoisotopic (exact) mass is 504 g/mol. The van der Waals surface area contributed by atoms with Crippen LogP contribution in [0.3, 0.4) is 0 Å². The first kappa shape index (κ1) is 20.2. The molecule has 3 heterocycles. The van der Waals surface area contributed by atoms with Gasteiger partial charge in [-0.15, -0.1) is 0 Å². The number of furan rings is 1. The first-order valence-electron chi connectivity index (χ1n) is 6.92. The summed E-state index contributed by atoms with van der Waals surface area (Å²) in [4.78, 5) is 7.06. The lowest BCUT2D eigenvalue weighted by Gasteiger charge is -1.93. The average Bonchev–Trinajstić information content (AvgIpc) is 3.29. The van der Waals surface area contributed by atoms with Gasteiger partial charge in [0.1, 0.15) is 5.76 Å². The molecule has 0 unspecified atom stereocenters. The van der Waals surface area contributed by atoms with Gasteiger partial charge in [-0.2, -0.15) is 0 Å². The van der Waals surface area contributed by atoms with Crippen molar-refractivity contribution in [1.82, 2.24) is 9.97 Å². The number of H-pyrrole nitrogens is 1. The molecule has 0 aliphatic heterocycles. The normalized spacial score (nSPS) is 9.39. The lowest BCUT2D eigenvalue weighted by atomic mass is 10.2. The maximum absolute atomic E-state index is 4.94. The number of aromatic nitrogens is 2. The number of nitrogens with zero attached hydrogens (tertiary/aromatic N) is 1. The van der Waals surface area contributed by atoms with E-state index in [0.717, 1.165) is 21.8 Å². The van der Waals surface area contributed by atoms with E-state index in [1.54, 1.807) is 6.26 Å². The summed E-state index contributed by atoms with van der Waals surface area (Å²) in [7, 11) is 0. The number of nitrogens with one attached hydrogen (secondary N) is 1. The molecule has 0 aromatic carbocycles. The second kappa shape index (κ2) is 12.6. The number of aromatic amines is 1. The summed E-state index contributed by atoms with van der Waals surface area (Å²) in [5.74, 6) is 0.972. The highest BCUT2D eigenvalue weighted by Gasteiger charge is 1.88. The largest absolute Gasteiger partial charge is 0.468 e. The highest BCUT2D eigenvalue weighted by molar-refractivity contribution is 9.09. The molecule has 1 N–H and O–H groups in total. The summed E-state index contributed by atoms with van der Waals surface area (Å²) in [6.07, 6.45) is 7.29. The number of aryl methyl sites for hydroxylation is 1. The molecule has 23 heavy (non-hydrogen) atoms. The molecule has 0 amide bonds. The molecule has 0 saturated carbocycles. The number of halogens is 3. The van der Waals surface area contributed by atoms with Crippen molar-refractivity contribution in [3.05, 3.63) is 77.8 Å². The van der Waals surface area contributed by atoms with Crippen molar-refractivity contribution < 1.29 is 4.42 Å². The van der Waals surface area contributed by atoms with Crippen LogP contribution < -0.4 is 0 Å². The van der Waals surface area contributed by atoms with Gasteiger partial charge in [0.15, 0.2) is 0 Å². The number of alkyl halides is 3. The first-order valence-corrected chi connectivity index (χ1v) is 10.3. The van der Waals surface area contributed by atoms with Gasteiger partial charge in [0, 0.05) is 34.9 Å². The summed E-state index contributed by atoms with van der Waals surface area (Å²) in [5, 5.41) is 2.61. The van der Waals surface area contributed by atoms with Crippen LogP contribution in [0.25, 0.3) is 0 Å². The third-order valence-electron chi connectivity index (χ3n) is 2.60. The summed E-state index contributed by atoms with van der Waals surface area (Å²) in [5.41, 5.74) is 3.67. The summed E-state index contributed by atoms with van der Waals surface area (Å²) in [6.45, 7) is 2.04. The maximum atomic E-state index is 4.94. The Labute approximate surface area is 162 Å². The second-order valence-electron chi connectivity index (χ2n) is 4.55. The minimum atomic E-state index is 0.806. The Balaban J connectivity index is 0.000000175. The first-order chi connectivity index (χ1) is 11.2. The SMILES string of the molecule is BrCc1ccc[nH]1.BrCc1ccco1.Cc1cncc(CBr)c1. The predicted octanol–water partition coefficient (Wildman–Crippen LogP) is 6.37. The molecule has 3 rings (SSSR count). The van der Waals surface area contributed by atoms with E-state index in [-0.39, 0.29) is 0 Å². The third-order valence-corrected chi connectivity index (χ3v) is 4.41. The van der Waals surface area contributed by atoms with Gasteiger partial charge in [0.2, 0.25) is 0 Å². The van der Waals surface area contributed by atoms with E-state index < -0.39 is 0 Å². The number of hydrogen-bond acceptors (Lipinski definition) is 2. The molecule has 0 saturated heterocycles. The summed E-state index contributed by atoms with van der Waals surface area (Å²) in [6, 6.07) is 9.93. The zero-order valence-corrected chi connectivity index (χ0v) is 17.6. The molecule has 3 aromatic rings. The van der Waals surface area contributed by atoms with Crippen LogP contribution in [0.15, 0.2) is 59.6 Å². The molecular formula is C17H19Br3N2O. The second-order valence-corrected chi connectivity index (χ2v) is 6.23. The van der Waals surface area contributed by atoms with Gasteiger partial charge >= 0.3 is 0 Å². The standard InChI is InChI=1S/C7H8BrN.C5H6BrN.C5H5BrO/c1-6-2-7(3-8)5-9-4-6;2*6-4-5-2-1-3-7-5/h2,4-5H,3H2,1H3;1-3,7H,4H2;1-3H,4H2. The van der Waals surface area contributed by atoms with Crippen LogP contribution in [-0.4, -0.2) is 9.97 Å². The molecule has 124 valence electrons. The van der Waals surface area contributed by atoms with Crippen LogP contribution >= 0.6 is 47.8 Å². The van der Waals surface area contributed by atoms with Crippen molar-refractivity contribution in [2.75, 3.05) is 0 Å². The van der Waals surface area contributed by atoms with Crippen molar-refractivity contribution in [2.24, 2.45) is 0 Å². The Kier molecular flexibility index (Phi) is 11.0. The maximum Gasteiger partial charge on any atom is 0.114 e. The molecule has 0 aliphatic rings. The molecular weight excluding hydrogens is 488 g/mol. The Morgan fingerprint density at radius 3 is 2.22 bits per heavy atom. The lowest BCUT2D eigenvalue weighted by molar-refractivity contribution is 0.531. The molecule has 0 aliphatic carbocycles. The fraction of sp³-hybridized carbons (Fsp3) is 0.235. The van der Waals surface area contributed by atoms with Crippen LogP contribution in [-0.2, 0) is 16.0 Å². The Bertz CT molecular complexity index is 591. The zero-order chi connectivity index (χ0) is 16.9. The lowest BCUT2D eigenvalue weighted by Crippen LogP contribution is -1.81. The third kappa shape index (κ3) is 9.13. The Morgan fingerprint density at radius 1 is 1.04 bits per heavy atom. The van der Waals surface area contributed by atoms with E-state index >= 15 is 0 Å². The van der Waals surface area contributed by atoms with Crippen molar-refractivity contribution in [3.8, 4) is 0 Å². The van der Waals surface area contributed by atoms with Crippen molar-refractivity contribution in [2.45, 2.75) is 22.9 Å². The highest BCUT2D eigenvalue weighted by atomic mass is 79.9. The van der Waals surface area contributed by atoms with Crippen LogP contribution in [0.4, 0.5) is 0 Å². The van der Waals surface area contributed by atoms with E-state index in [0.29, 0.717) is 0 Å². The summed E-state index contributed by atoms with van der Waals surface area (Å²) < 4.78 is 4.94. The highest BCUT2D eigenvalue weighted by Crippen LogP contribution is 2.05. The van der Waals surface area contributed by atoms with Crippen LogP contribution in [0, 0.1) is 6.92 Å². The van der Waals surface area contributed by atoms with Gasteiger partial charge < -0.3 is 9.40 Å². The van der Waals surface area contributed by atoms with Gasteiger partial charge in [0.05, 0.1) is 11.6 Å². The van der Waals surface area contributed by atoms with Gasteiger partial charge in [0.25, 0.3) is 0 Å². The average molecular weight is 507 g/mol. The predicted molar refractivity (Wildman–Crippen MR) is 106 cm³/mol. The summed E-state index contributed by atoms with van der Waals surface area (Å²) >= 11 is 9.90.